The molecule has 0 aromatic carbocycles. The maximum absolute atomic E-state index is 6.32. The molecule has 24 heavy (non-hydrogen) atoms. The quantitative estimate of drug-likeness (QED) is 0.855. The van der Waals surface area contributed by atoms with Gasteiger partial charge in [0.1, 0.15) is 16.7 Å². The third kappa shape index (κ3) is 2.75. The van der Waals surface area contributed by atoms with Crippen LogP contribution in [0.2, 0.25) is 5.15 Å². The summed E-state index contributed by atoms with van der Waals surface area (Å²) in [4.78, 5) is 15.3. The van der Waals surface area contributed by atoms with Gasteiger partial charge in [-0.25, -0.2) is 4.98 Å². The van der Waals surface area contributed by atoms with E-state index in [0.717, 1.165) is 46.9 Å². The Hall–Kier alpha value is -2.08. The number of methoxy groups -OCH3 is 1. The van der Waals surface area contributed by atoms with E-state index in [4.69, 9.17) is 22.1 Å². The number of aryl methyl sites for hydroxylation is 1. The van der Waals surface area contributed by atoms with Gasteiger partial charge in [0, 0.05) is 35.3 Å². The lowest BCUT2D eigenvalue weighted by molar-refractivity contribution is 0.406. The van der Waals surface area contributed by atoms with E-state index in [9.17, 15) is 0 Å². The van der Waals surface area contributed by atoms with Crippen LogP contribution in [0.15, 0.2) is 6.20 Å². The molecule has 1 unspecified atom stereocenters. The van der Waals surface area contributed by atoms with Crippen LogP contribution >= 0.6 is 11.6 Å². The second-order valence-corrected chi connectivity index (χ2v) is 6.50. The summed E-state index contributed by atoms with van der Waals surface area (Å²) in [6.07, 6.45) is 2.82. The van der Waals surface area contributed by atoms with Crippen LogP contribution in [0.1, 0.15) is 41.6 Å². The van der Waals surface area contributed by atoms with Crippen LogP contribution in [-0.4, -0.2) is 28.6 Å². The minimum Gasteiger partial charge on any atom is -0.496 e. The Morgan fingerprint density at radius 3 is 2.79 bits per heavy atom. The smallest absolute Gasteiger partial charge is 0.223 e. The van der Waals surface area contributed by atoms with Crippen molar-refractivity contribution in [3.05, 3.63) is 33.7 Å². The second-order valence-electron chi connectivity index (χ2n) is 6.14. The number of anilines is 2. The van der Waals surface area contributed by atoms with Gasteiger partial charge in [-0.1, -0.05) is 18.5 Å². The van der Waals surface area contributed by atoms with Crippen molar-refractivity contribution in [1.29, 1.82) is 0 Å². The summed E-state index contributed by atoms with van der Waals surface area (Å²) in [5, 5.41) is 0.456. The van der Waals surface area contributed by atoms with Gasteiger partial charge < -0.3 is 15.4 Å². The number of hydrogen-bond acceptors (Lipinski definition) is 6. The van der Waals surface area contributed by atoms with Crippen LogP contribution in [0.3, 0.4) is 0 Å². The van der Waals surface area contributed by atoms with Crippen LogP contribution in [0.5, 0.6) is 5.75 Å². The summed E-state index contributed by atoms with van der Waals surface area (Å²) in [5.74, 6) is 2.21. The molecule has 0 bridgehead atoms. The van der Waals surface area contributed by atoms with Crippen molar-refractivity contribution in [3.8, 4) is 5.75 Å². The molecule has 2 aromatic heterocycles. The average molecular weight is 348 g/mol. The summed E-state index contributed by atoms with van der Waals surface area (Å²) in [6, 6.07) is 0. The number of aromatic nitrogens is 3. The first kappa shape index (κ1) is 16.8. The fraction of sp³-hybridized carbons (Fsp3) is 0.471. The van der Waals surface area contributed by atoms with E-state index in [1.165, 1.54) is 0 Å². The molecule has 2 aromatic rings. The number of pyridine rings is 1. The Labute approximate surface area is 147 Å². The van der Waals surface area contributed by atoms with E-state index >= 15 is 0 Å². The molecule has 0 amide bonds. The predicted molar refractivity (Wildman–Crippen MR) is 95.8 cm³/mol. The Balaban J connectivity index is 1.99. The second kappa shape index (κ2) is 6.43. The van der Waals surface area contributed by atoms with Crippen molar-refractivity contribution in [2.24, 2.45) is 0 Å². The Kier molecular flexibility index (Phi) is 4.49. The Bertz CT molecular complexity index is 780. The van der Waals surface area contributed by atoms with Crippen molar-refractivity contribution >= 4 is 23.4 Å². The topological polar surface area (TPSA) is 77.2 Å². The molecular weight excluding hydrogens is 326 g/mol. The third-order valence-corrected chi connectivity index (χ3v) is 4.92. The molecule has 1 aliphatic rings. The standard InChI is InChI=1S/C17H22ClN5O/c1-5-11-7-23(16-13(11)15(18)21-17(19)22-16)8-12-10(3)14(24-4)9(2)6-20-12/h6,11H,5,7-8H2,1-4H3,(H2,19,21,22). The molecule has 1 atom stereocenters. The van der Waals surface area contributed by atoms with Crippen molar-refractivity contribution in [2.45, 2.75) is 39.7 Å². The lowest BCUT2D eigenvalue weighted by Crippen LogP contribution is -2.23. The molecule has 0 spiro atoms. The van der Waals surface area contributed by atoms with E-state index < -0.39 is 0 Å². The van der Waals surface area contributed by atoms with E-state index in [1.807, 2.05) is 20.0 Å². The van der Waals surface area contributed by atoms with Gasteiger partial charge in [0.25, 0.3) is 0 Å². The fourth-order valence-electron chi connectivity index (χ4n) is 3.37. The Morgan fingerprint density at radius 1 is 1.38 bits per heavy atom. The van der Waals surface area contributed by atoms with E-state index in [1.54, 1.807) is 7.11 Å². The zero-order chi connectivity index (χ0) is 17.4. The van der Waals surface area contributed by atoms with Gasteiger partial charge in [0.2, 0.25) is 5.95 Å². The molecule has 3 heterocycles. The van der Waals surface area contributed by atoms with Gasteiger partial charge in [-0.15, -0.1) is 0 Å². The molecule has 0 aliphatic carbocycles. The molecule has 1 aliphatic heterocycles. The monoisotopic (exact) mass is 347 g/mol. The van der Waals surface area contributed by atoms with E-state index in [0.29, 0.717) is 17.6 Å². The van der Waals surface area contributed by atoms with Gasteiger partial charge in [-0.05, 0) is 20.3 Å². The highest BCUT2D eigenvalue weighted by atomic mass is 35.5. The zero-order valence-electron chi connectivity index (χ0n) is 14.4. The summed E-state index contributed by atoms with van der Waals surface area (Å²) in [5.41, 5.74) is 9.84. The first-order valence-electron chi connectivity index (χ1n) is 8.03. The minimum atomic E-state index is 0.201. The van der Waals surface area contributed by atoms with Crippen LogP contribution in [0.25, 0.3) is 0 Å². The number of rotatable bonds is 4. The van der Waals surface area contributed by atoms with Crippen LogP contribution < -0.4 is 15.4 Å². The van der Waals surface area contributed by atoms with Crippen LogP contribution in [0, 0.1) is 13.8 Å². The highest BCUT2D eigenvalue weighted by Crippen LogP contribution is 2.41. The molecule has 7 heteroatoms. The molecule has 3 rings (SSSR count). The normalized spacial score (nSPS) is 16.4. The number of nitrogens with zero attached hydrogens (tertiary/aromatic N) is 4. The molecule has 0 saturated carbocycles. The van der Waals surface area contributed by atoms with Crippen molar-refractivity contribution in [2.75, 3.05) is 24.3 Å². The number of nitrogens with two attached hydrogens (primary N) is 1. The predicted octanol–water partition coefficient (Wildman–Crippen LogP) is 3.25. The van der Waals surface area contributed by atoms with Gasteiger partial charge in [0.05, 0.1) is 19.3 Å². The summed E-state index contributed by atoms with van der Waals surface area (Å²) in [6.45, 7) is 7.64. The number of nitrogen functional groups attached to an aromatic ring is 1. The number of ether oxygens (including phenoxy) is 1. The molecule has 0 fully saturated rings. The zero-order valence-corrected chi connectivity index (χ0v) is 15.2. The van der Waals surface area contributed by atoms with Gasteiger partial charge in [-0.2, -0.15) is 4.98 Å². The number of hydrogen-bond donors (Lipinski definition) is 1. The van der Waals surface area contributed by atoms with Crippen molar-refractivity contribution in [1.82, 2.24) is 15.0 Å². The van der Waals surface area contributed by atoms with E-state index in [2.05, 4.69) is 26.8 Å². The molecule has 128 valence electrons. The van der Waals surface area contributed by atoms with Crippen LogP contribution in [0.4, 0.5) is 11.8 Å². The maximum Gasteiger partial charge on any atom is 0.223 e. The SMILES string of the molecule is CCC1CN(Cc2ncc(C)c(OC)c2C)c2nc(N)nc(Cl)c21. The first-order valence-corrected chi connectivity index (χ1v) is 8.40. The molecule has 0 radical (unpaired) electrons. The van der Waals surface area contributed by atoms with Gasteiger partial charge in [0.15, 0.2) is 0 Å². The molecular formula is C17H22ClN5O. The van der Waals surface area contributed by atoms with Gasteiger partial charge in [-0.3, -0.25) is 4.98 Å². The lowest BCUT2D eigenvalue weighted by Gasteiger charge is -2.21. The third-order valence-electron chi connectivity index (χ3n) is 4.63. The van der Waals surface area contributed by atoms with Crippen LogP contribution in [-0.2, 0) is 6.54 Å². The number of halogens is 1. The lowest BCUT2D eigenvalue weighted by atomic mass is 10.0. The Morgan fingerprint density at radius 2 is 2.12 bits per heavy atom. The minimum absolute atomic E-state index is 0.201. The largest absolute Gasteiger partial charge is 0.496 e. The fourth-order valence-corrected chi connectivity index (χ4v) is 3.69. The molecule has 6 nitrogen and oxygen atoms in total. The van der Waals surface area contributed by atoms with Gasteiger partial charge >= 0.3 is 0 Å². The maximum atomic E-state index is 6.32. The summed E-state index contributed by atoms with van der Waals surface area (Å²) < 4.78 is 5.51. The highest BCUT2D eigenvalue weighted by Gasteiger charge is 2.33. The number of fused-ring (bicyclic) bond motifs is 1. The molecule has 0 saturated heterocycles. The van der Waals surface area contributed by atoms with Crippen molar-refractivity contribution < 1.29 is 4.74 Å². The van der Waals surface area contributed by atoms with Crippen molar-refractivity contribution in [3.63, 3.8) is 0 Å². The summed E-state index contributed by atoms with van der Waals surface area (Å²) >= 11 is 6.32. The average Bonchev–Trinajstić information content (AvgIpc) is 2.88. The molecule has 2 N–H and O–H groups in total. The summed E-state index contributed by atoms with van der Waals surface area (Å²) in [7, 11) is 1.69. The first-order chi connectivity index (χ1) is 11.5. The highest BCUT2D eigenvalue weighted by molar-refractivity contribution is 6.30. The van der Waals surface area contributed by atoms with E-state index in [-0.39, 0.29) is 5.95 Å².